The van der Waals surface area contributed by atoms with Crippen LogP contribution in [0.3, 0.4) is 0 Å². The Balaban J connectivity index is 1.70. The molecule has 3 aromatic rings. The third-order valence-electron chi connectivity index (χ3n) is 3.90. The van der Waals surface area contributed by atoms with Gasteiger partial charge in [0.25, 0.3) is 5.91 Å². The maximum Gasteiger partial charge on any atom is 0.253 e. The average Bonchev–Trinajstić information content (AvgIpc) is 3.03. The first-order chi connectivity index (χ1) is 12.0. The van der Waals surface area contributed by atoms with Gasteiger partial charge in [0.05, 0.1) is 11.8 Å². The lowest BCUT2D eigenvalue weighted by atomic mass is 10.1. The molecule has 1 amide bonds. The van der Waals surface area contributed by atoms with Gasteiger partial charge in [-0.25, -0.2) is 4.39 Å². The van der Waals surface area contributed by atoms with E-state index in [-0.39, 0.29) is 17.8 Å². The highest BCUT2D eigenvalue weighted by molar-refractivity contribution is 5.95. The Morgan fingerprint density at radius 2 is 2.04 bits per heavy atom. The predicted octanol–water partition coefficient (Wildman–Crippen LogP) is 2.98. The lowest BCUT2D eigenvalue weighted by Crippen LogP contribution is -2.34. The van der Waals surface area contributed by atoms with E-state index >= 15 is 0 Å². The Hall–Kier alpha value is -3.02. The number of pyridine rings is 1. The molecule has 1 N–H and O–H groups in total. The van der Waals surface area contributed by atoms with Gasteiger partial charge in [-0.15, -0.1) is 0 Å². The van der Waals surface area contributed by atoms with Crippen LogP contribution in [-0.4, -0.2) is 26.7 Å². The second-order valence-corrected chi connectivity index (χ2v) is 6.04. The van der Waals surface area contributed by atoms with Gasteiger partial charge >= 0.3 is 0 Å². The molecule has 0 spiro atoms. The maximum absolute atomic E-state index is 13.7. The monoisotopic (exact) mass is 338 g/mol. The van der Waals surface area contributed by atoms with Crippen molar-refractivity contribution in [3.05, 3.63) is 72.1 Å². The molecule has 0 radical (unpaired) electrons. The van der Waals surface area contributed by atoms with Gasteiger partial charge in [-0.3, -0.25) is 14.5 Å². The zero-order valence-corrected chi connectivity index (χ0v) is 14.1. The van der Waals surface area contributed by atoms with Crippen LogP contribution in [0, 0.1) is 5.82 Å². The molecule has 0 saturated carbocycles. The molecule has 128 valence electrons. The Kier molecular flexibility index (Phi) is 4.88. The molecular formula is C19H19FN4O. The quantitative estimate of drug-likeness (QED) is 0.778. The highest BCUT2D eigenvalue weighted by Crippen LogP contribution is 2.18. The number of halogens is 1. The van der Waals surface area contributed by atoms with Gasteiger partial charge in [-0.2, -0.15) is 5.10 Å². The normalized spacial score (nSPS) is 12.0. The van der Waals surface area contributed by atoms with E-state index in [1.807, 2.05) is 20.2 Å². The van der Waals surface area contributed by atoms with E-state index in [2.05, 4.69) is 15.4 Å². The molecule has 25 heavy (non-hydrogen) atoms. The van der Waals surface area contributed by atoms with E-state index < -0.39 is 0 Å². The number of rotatable bonds is 5. The number of amides is 1. The minimum Gasteiger partial charge on any atom is -0.349 e. The van der Waals surface area contributed by atoms with Crippen LogP contribution in [0.15, 0.2) is 55.1 Å². The van der Waals surface area contributed by atoms with Gasteiger partial charge in [0.2, 0.25) is 0 Å². The van der Waals surface area contributed by atoms with Crippen molar-refractivity contribution in [1.82, 2.24) is 20.1 Å². The molecule has 2 aromatic heterocycles. The zero-order valence-electron chi connectivity index (χ0n) is 14.1. The molecule has 0 aliphatic heterocycles. The second kappa shape index (κ2) is 7.25. The molecule has 0 unspecified atom stereocenters. The van der Waals surface area contributed by atoms with Crippen LogP contribution in [0.25, 0.3) is 11.1 Å². The van der Waals surface area contributed by atoms with Crippen molar-refractivity contribution in [2.24, 2.45) is 7.05 Å². The summed E-state index contributed by atoms with van der Waals surface area (Å²) in [5.74, 6) is -0.495. The number of hydrogen-bond acceptors (Lipinski definition) is 3. The lowest BCUT2D eigenvalue weighted by molar-refractivity contribution is 0.0939. The fourth-order valence-corrected chi connectivity index (χ4v) is 2.64. The summed E-state index contributed by atoms with van der Waals surface area (Å²) in [7, 11) is 1.83. The van der Waals surface area contributed by atoms with Crippen LogP contribution >= 0.6 is 0 Å². The van der Waals surface area contributed by atoms with E-state index in [0.29, 0.717) is 17.5 Å². The second-order valence-electron chi connectivity index (χ2n) is 6.04. The van der Waals surface area contributed by atoms with Gasteiger partial charge in [0.15, 0.2) is 0 Å². The molecule has 1 atom stereocenters. The molecule has 6 heteroatoms. The molecule has 0 aliphatic carbocycles. The Morgan fingerprint density at radius 3 is 2.76 bits per heavy atom. The van der Waals surface area contributed by atoms with Crippen molar-refractivity contribution in [2.75, 3.05) is 0 Å². The number of hydrogen-bond donors (Lipinski definition) is 1. The number of benzene rings is 1. The predicted molar refractivity (Wildman–Crippen MR) is 93.5 cm³/mol. The summed E-state index contributed by atoms with van der Waals surface area (Å²) in [6.07, 6.45) is 7.22. The fraction of sp³-hybridized carbons (Fsp3) is 0.211. The zero-order chi connectivity index (χ0) is 17.8. The van der Waals surface area contributed by atoms with Crippen LogP contribution in [-0.2, 0) is 13.5 Å². The summed E-state index contributed by atoms with van der Waals surface area (Å²) in [4.78, 5) is 16.6. The van der Waals surface area contributed by atoms with Gasteiger partial charge in [-0.1, -0.05) is 18.2 Å². The fourth-order valence-electron chi connectivity index (χ4n) is 2.64. The molecule has 1 aromatic carbocycles. The molecule has 0 aliphatic rings. The van der Waals surface area contributed by atoms with Crippen LogP contribution in [0.4, 0.5) is 4.39 Å². The van der Waals surface area contributed by atoms with Crippen LogP contribution in [0.2, 0.25) is 0 Å². The summed E-state index contributed by atoms with van der Waals surface area (Å²) in [6.45, 7) is 1.85. The van der Waals surface area contributed by atoms with Gasteiger partial charge in [0.1, 0.15) is 5.82 Å². The SMILES string of the molecule is C[C@@H](Cc1ccccc1F)NC(=O)c1cncc(-c2cnn(C)c2)c1. The Morgan fingerprint density at radius 1 is 1.24 bits per heavy atom. The van der Waals surface area contributed by atoms with E-state index in [9.17, 15) is 9.18 Å². The molecular weight excluding hydrogens is 319 g/mol. The maximum atomic E-state index is 13.7. The summed E-state index contributed by atoms with van der Waals surface area (Å²) in [6, 6.07) is 8.15. The third kappa shape index (κ3) is 4.09. The smallest absolute Gasteiger partial charge is 0.253 e. The minimum absolute atomic E-state index is 0.202. The van der Waals surface area contributed by atoms with Crippen molar-refractivity contribution in [1.29, 1.82) is 0 Å². The number of aryl methyl sites for hydroxylation is 1. The summed E-state index contributed by atoms with van der Waals surface area (Å²) in [5.41, 5.74) is 2.76. The van der Waals surface area contributed by atoms with E-state index in [1.165, 1.54) is 12.3 Å². The highest BCUT2D eigenvalue weighted by Gasteiger charge is 2.13. The van der Waals surface area contributed by atoms with Crippen LogP contribution < -0.4 is 5.32 Å². The topological polar surface area (TPSA) is 59.8 Å². The van der Waals surface area contributed by atoms with Crippen molar-refractivity contribution in [3.63, 3.8) is 0 Å². The third-order valence-corrected chi connectivity index (χ3v) is 3.90. The molecule has 3 rings (SSSR count). The molecule has 0 fully saturated rings. The molecule has 0 saturated heterocycles. The first-order valence-corrected chi connectivity index (χ1v) is 8.01. The van der Waals surface area contributed by atoms with Gasteiger partial charge < -0.3 is 5.32 Å². The van der Waals surface area contributed by atoms with E-state index in [0.717, 1.165) is 11.1 Å². The molecule has 0 bridgehead atoms. The largest absolute Gasteiger partial charge is 0.349 e. The first kappa shape index (κ1) is 16.8. The number of carbonyl (C=O) groups is 1. The van der Waals surface area contributed by atoms with Crippen molar-refractivity contribution in [3.8, 4) is 11.1 Å². The van der Waals surface area contributed by atoms with Crippen molar-refractivity contribution in [2.45, 2.75) is 19.4 Å². The Bertz CT molecular complexity index is 890. The minimum atomic E-state index is -0.260. The lowest BCUT2D eigenvalue weighted by Gasteiger charge is -2.14. The summed E-state index contributed by atoms with van der Waals surface area (Å²) < 4.78 is 15.4. The van der Waals surface area contributed by atoms with E-state index in [1.54, 1.807) is 41.3 Å². The van der Waals surface area contributed by atoms with Crippen LogP contribution in [0.5, 0.6) is 0 Å². The van der Waals surface area contributed by atoms with E-state index in [4.69, 9.17) is 0 Å². The highest BCUT2D eigenvalue weighted by atomic mass is 19.1. The van der Waals surface area contributed by atoms with Gasteiger partial charge in [0, 0.05) is 42.8 Å². The average molecular weight is 338 g/mol. The summed E-state index contributed by atoms with van der Waals surface area (Å²) >= 11 is 0. The molecule has 5 nitrogen and oxygen atoms in total. The summed E-state index contributed by atoms with van der Waals surface area (Å²) in [5, 5.41) is 7.01. The number of nitrogens with zero attached hydrogens (tertiary/aromatic N) is 3. The number of aromatic nitrogens is 3. The number of nitrogens with one attached hydrogen (secondary N) is 1. The van der Waals surface area contributed by atoms with Gasteiger partial charge in [-0.05, 0) is 31.0 Å². The Labute approximate surface area is 145 Å². The van der Waals surface area contributed by atoms with Crippen LogP contribution in [0.1, 0.15) is 22.8 Å². The standard InChI is InChI=1S/C19H19FN4O/c1-13(7-14-5-3-4-6-18(14)20)23-19(25)16-8-15(9-21-10-16)17-11-22-24(2)12-17/h3-6,8-13H,7H2,1-2H3,(H,23,25)/t13-/m0/s1. The van der Waals surface area contributed by atoms with Crippen molar-refractivity contribution >= 4 is 5.91 Å². The first-order valence-electron chi connectivity index (χ1n) is 8.01. The van der Waals surface area contributed by atoms with Crippen molar-refractivity contribution < 1.29 is 9.18 Å². The molecule has 2 heterocycles. The number of carbonyl (C=O) groups excluding carboxylic acids is 1.